The average molecular weight is 547 g/mol. The fourth-order valence-electron chi connectivity index (χ4n) is 5.97. The number of Topliss-reactive ketones (excluding diaryl/α,β-unsaturated/α-hetero) is 2. The summed E-state index contributed by atoms with van der Waals surface area (Å²) in [4.78, 5) is 41.7. The molecular weight excluding hydrogens is 507 g/mol. The van der Waals surface area contributed by atoms with Crippen molar-refractivity contribution in [3.8, 4) is 12.3 Å². The third kappa shape index (κ3) is 8.23. The molecule has 2 aliphatic heterocycles. The number of ketones is 2. The summed E-state index contributed by atoms with van der Waals surface area (Å²) >= 11 is 0. The molecule has 0 unspecified atom stereocenters. The van der Waals surface area contributed by atoms with E-state index in [1.54, 1.807) is 18.2 Å². The zero-order valence-corrected chi connectivity index (χ0v) is 23.4. The van der Waals surface area contributed by atoms with Crippen LogP contribution in [0.15, 0.2) is 42.5 Å². The normalized spacial score (nSPS) is 21.8. The van der Waals surface area contributed by atoms with Gasteiger partial charge in [-0.05, 0) is 87.9 Å². The van der Waals surface area contributed by atoms with Gasteiger partial charge >= 0.3 is 6.03 Å². The van der Waals surface area contributed by atoms with Crippen LogP contribution in [0.25, 0.3) is 0 Å². The number of nitrogens with one attached hydrogen (secondary N) is 2. The summed E-state index contributed by atoms with van der Waals surface area (Å²) in [6.07, 6.45) is 9.56. The van der Waals surface area contributed by atoms with Crippen LogP contribution in [0, 0.1) is 30.0 Å². The standard InChI is InChI=1S/C32H39FN4O3/c1-4-12-36-14-11-31(35-32(40)34-30-17-26(22(2)38)16-27(18-30)23(3)39)28(20-36)21-37-13-5-6-25(19-37)15-24-7-9-29(33)10-8-24/h1,7-10,16-18,25,28,31H,5-6,11-15,19-21H2,2-3H3,(H2,34,35,40)/t25-,28-,31+/m0/s1. The third-order valence-corrected chi connectivity index (χ3v) is 7.99. The molecule has 7 nitrogen and oxygen atoms in total. The fraction of sp³-hybridized carbons (Fsp3) is 0.469. The van der Waals surface area contributed by atoms with Gasteiger partial charge in [-0.3, -0.25) is 14.5 Å². The molecule has 0 spiro atoms. The van der Waals surface area contributed by atoms with Gasteiger partial charge in [0.25, 0.3) is 0 Å². The van der Waals surface area contributed by atoms with E-state index in [0.717, 1.165) is 64.0 Å². The zero-order chi connectivity index (χ0) is 28.6. The van der Waals surface area contributed by atoms with Crippen molar-refractivity contribution in [3.05, 3.63) is 65.0 Å². The highest BCUT2D eigenvalue weighted by atomic mass is 19.1. The Morgan fingerprint density at radius 3 is 2.33 bits per heavy atom. The predicted octanol–water partition coefficient (Wildman–Crippen LogP) is 4.63. The Hall–Kier alpha value is -3.54. The van der Waals surface area contributed by atoms with Crippen LogP contribution in [0.3, 0.4) is 0 Å². The molecule has 0 aliphatic carbocycles. The Morgan fingerprint density at radius 2 is 1.68 bits per heavy atom. The fourth-order valence-corrected chi connectivity index (χ4v) is 5.97. The molecule has 2 fully saturated rings. The van der Waals surface area contributed by atoms with Crippen LogP contribution < -0.4 is 10.6 Å². The molecule has 0 bridgehead atoms. The van der Waals surface area contributed by atoms with E-state index in [1.807, 2.05) is 12.1 Å². The zero-order valence-electron chi connectivity index (χ0n) is 23.4. The summed E-state index contributed by atoms with van der Waals surface area (Å²) in [5.74, 6) is 2.88. The maximum atomic E-state index is 13.3. The van der Waals surface area contributed by atoms with Crippen molar-refractivity contribution in [1.82, 2.24) is 15.1 Å². The number of terminal acetylenes is 1. The molecule has 40 heavy (non-hydrogen) atoms. The smallest absolute Gasteiger partial charge is 0.319 e. The van der Waals surface area contributed by atoms with E-state index in [9.17, 15) is 18.8 Å². The monoisotopic (exact) mass is 546 g/mol. The lowest BCUT2D eigenvalue weighted by molar-refractivity contribution is 0.0910. The van der Waals surface area contributed by atoms with Gasteiger partial charge in [0.05, 0.1) is 6.54 Å². The number of likely N-dealkylation sites (tertiary alicyclic amines) is 2. The second-order valence-electron chi connectivity index (χ2n) is 11.2. The lowest BCUT2D eigenvalue weighted by Crippen LogP contribution is -2.55. The largest absolute Gasteiger partial charge is 0.335 e. The van der Waals surface area contributed by atoms with Crippen LogP contribution in [0.5, 0.6) is 0 Å². The van der Waals surface area contributed by atoms with E-state index < -0.39 is 0 Å². The van der Waals surface area contributed by atoms with Gasteiger partial charge < -0.3 is 15.5 Å². The maximum Gasteiger partial charge on any atom is 0.319 e. The summed E-state index contributed by atoms with van der Waals surface area (Å²) in [5, 5.41) is 6.00. The number of hydrogen-bond acceptors (Lipinski definition) is 5. The first kappa shape index (κ1) is 29.4. The minimum absolute atomic E-state index is 0.0465. The number of halogens is 1. The van der Waals surface area contributed by atoms with E-state index in [4.69, 9.17) is 6.42 Å². The van der Waals surface area contributed by atoms with Crippen molar-refractivity contribution >= 4 is 23.3 Å². The Morgan fingerprint density at radius 1 is 0.975 bits per heavy atom. The number of rotatable bonds is 9. The molecule has 2 aromatic carbocycles. The molecule has 8 heteroatoms. The van der Waals surface area contributed by atoms with Crippen molar-refractivity contribution in [3.63, 3.8) is 0 Å². The molecule has 2 aliphatic rings. The Kier molecular flexibility index (Phi) is 10.1. The van der Waals surface area contributed by atoms with Crippen molar-refractivity contribution in [2.45, 2.75) is 45.6 Å². The van der Waals surface area contributed by atoms with Gasteiger partial charge in [-0.2, -0.15) is 0 Å². The Bertz CT molecular complexity index is 1220. The molecule has 2 heterocycles. The number of amides is 2. The molecule has 2 aromatic rings. The van der Waals surface area contributed by atoms with Crippen LogP contribution >= 0.6 is 0 Å². The second-order valence-corrected chi connectivity index (χ2v) is 11.2. The van der Waals surface area contributed by atoms with Crippen molar-refractivity contribution < 1.29 is 18.8 Å². The van der Waals surface area contributed by atoms with Gasteiger partial charge in [0.2, 0.25) is 0 Å². The van der Waals surface area contributed by atoms with E-state index in [1.165, 1.54) is 26.0 Å². The summed E-state index contributed by atoms with van der Waals surface area (Å²) < 4.78 is 13.3. The molecule has 2 N–H and O–H groups in total. The third-order valence-electron chi connectivity index (χ3n) is 7.99. The molecule has 3 atom stereocenters. The van der Waals surface area contributed by atoms with E-state index in [2.05, 4.69) is 26.4 Å². The highest BCUT2D eigenvalue weighted by molar-refractivity contribution is 6.02. The molecule has 4 rings (SSSR count). The molecular formula is C32H39FN4O3. The van der Waals surface area contributed by atoms with Gasteiger partial charge in [0, 0.05) is 55.0 Å². The predicted molar refractivity (Wildman–Crippen MR) is 155 cm³/mol. The van der Waals surface area contributed by atoms with Gasteiger partial charge in [0.15, 0.2) is 11.6 Å². The lowest BCUT2D eigenvalue weighted by Gasteiger charge is -2.42. The van der Waals surface area contributed by atoms with Gasteiger partial charge in [0.1, 0.15) is 5.82 Å². The number of anilines is 1. The molecule has 2 amide bonds. The van der Waals surface area contributed by atoms with Crippen LogP contribution in [0.2, 0.25) is 0 Å². The van der Waals surface area contributed by atoms with Gasteiger partial charge in [-0.1, -0.05) is 18.1 Å². The summed E-state index contributed by atoms with van der Waals surface area (Å²) in [5.41, 5.74) is 2.33. The van der Waals surface area contributed by atoms with Crippen LogP contribution in [0.4, 0.5) is 14.9 Å². The SMILES string of the molecule is C#CCN1CC[C@@H](NC(=O)Nc2cc(C(C)=O)cc(C(C)=O)c2)[C@H](CN2CCC[C@@H](Cc3ccc(F)cc3)C2)C1. The van der Waals surface area contributed by atoms with E-state index >= 15 is 0 Å². The summed E-state index contributed by atoms with van der Waals surface area (Å²) in [7, 11) is 0. The van der Waals surface area contributed by atoms with E-state index in [-0.39, 0.29) is 35.4 Å². The lowest BCUT2D eigenvalue weighted by atomic mass is 9.88. The number of urea groups is 1. The topological polar surface area (TPSA) is 81.8 Å². The summed E-state index contributed by atoms with van der Waals surface area (Å²) in [6, 6.07) is 11.1. The van der Waals surface area contributed by atoms with Crippen molar-refractivity contribution in [1.29, 1.82) is 0 Å². The number of hydrogen-bond donors (Lipinski definition) is 2. The number of nitrogens with zero attached hydrogens (tertiary/aromatic N) is 2. The van der Waals surface area contributed by atoms with Crippen molar-refractivity contribution in [2.75, 3.05) is 44.6 Å². The molecule has 0 saturated carbocycles. The maximum absolute atomic E-state index is 13.3. The first-order valence-electron chi connectivity index (χ1n) is 14.1. The molecule has 0 radical (unpaired) electrons. The minimum Gasteiger partial charge on any atom is -0.335 e. The van der Waals surface area contributed by atoms with Crippen molar-refractivity contribution in [2.24, 2.45) is 11.8 Å². The highest BCUT2D eigenvalue weighted by Gasteiger charge is 2.33. The van der Waals surface area contributed by atoms with E-state index in [0.29, 0.717) is 29.3 Å². The number of carbonyl (C=O) groups excluding carboxylic acids is 3. The average Bonchev–Trinajstić information content (AvgIpc) is 2.91. The van der Waals surface area contributed by atoms with Gasteiger partial charge in [-0.15, -0.1) is 6.42 Å². The summed E-state index contributed by atoms with van der Waals surface area (Å²) in [6.45, 7) is 7.86. The number of piperidine rings is 2. The highest BCUT2D eigenvalue weighted by Crippen LogP contribution is 2.25. The molecule has 212 valence electrons. The van der Waals surface area contributed by atoms with Crippen LogP contribution in [-0.2, 0) is 6.42 Å². The second kappa shape index (κ2) is 13.7. The number of benzene rings is 2. The Balaban J connectivity index is 1.41. The number of carbonyl (C=O) groups is 3. The van der Waals surface area contributed by atoms with Crippen LogP contribution in [-0.4, -0.2) is 72.7 Å². The first-order valence-corrected chi connectivity index (χ1v) is 14.1. The molecule has 0 aromatic heterocycles. The first-order chi connectivity index (χ1) is 19.2. The Labute approximate surface area is 236 Å². The quantitative estimate of drug-likeness (QED) is 0.354. The van der Waals surface area contributed by atoms with Gasteiger partial charge in [-0.25, -0.2) is 9.18 Å². The molecule has 2 saturated heterocycles. The minimum atomic E-state index is -0.358. The van der Waals surface area contributed by atoms with Crippen LogP contribution in [0.1, 0.15) is 59.4 Å².